The third-order valence-electron chi connectivity index (χ3n) is 8.22. The molecule has 4 aromatic carbocycles. The molecule has 11 nitrogen and oxygen atoms in total. The highest BCUT2D eigenvalue weighted by Gasteiger charge is 2.22. The number of nitrogens with zero attached hydrogens (tertiary/aromatic N) is 2. The Bertz CT molecular complexity index is 1880. The molecule has 1 aromatic heterocycles. The maximum absolute atomic E-state index is 13.5. The zero-order chi connectivity index (χ0) is 34.2. The van der Waals surface area contributed by atoms with E-state index in [1.807, 2.05) is 84.9 Å². The zero-order valence-electron chi connectivity index (χ0n) is 28.1. The van der Waals surface area contributed by atoms with Gasteiger partial charge in [0, 0.05) is 54.0 Å². The lowest BCUT2D eigenvalue weighted by molar-refractivity contribution is 0.0160. The summed E-state index contributed by atoms with van der Waals surface area (Å²) in [6, 6.07) is 29.8. The summed E-state index contributed by atoms with van der Waals surface area (Å²) in [5, 5.41) is 21.7. The molecule has 6 rings (SSSR count). The number of carbonyl (C=O) groups excluding carboxylic acids is 2. The summed E-state index contributed by atoms with van der Waals surface area (Å²) >= 11 is 0. The Morgan fingerprint density at radius 1 is 0.898 bits per heavy atom. The summed E-state index contributed by atoms with van der Waals surface area (Å²) in [7, 11) is 0. The van der Waals surface area contributed by atoms with Gasteiger partial charge in [-0.25, -0.2) is 14.3 Å². The molecule has 5 aromatic rings. The van der Waals surface area contributed by atoms with Gasteiger partial charge >= 0.3 is 12.1 Å². The molecule has 0 radical (unpaired) electrons. The second kappa shape index (κ2) is 15.2. The first-order valence-corrected chi connectivity index (χ1v) is 16.6. The summed E-state index contributed by atoms with van der Waals surface area (Å²) in [6.07, 6.45) is 0.931. The Morgan fingerprint density at radius 2 is 1.65 bits per heavy atom. The van der Waals surface area contributed by atoms with Crippen LogP contribution in [0.1, 0.15) is 38.4 Å². The zero-order valence-corrected chi connectivity index (χ0v) is 28.1. The van der Waals surface area contributed by atoms with Crippen LogP contribution in [0.5, 0.6) is 5.75 Å². The third kappa shape index (κ3) is 8.75. The van der Waals surface area contributed by atoms with Crippen molar-refractivity contribution in [3.8, 4) is 11.4 Å². The van der Waals surface area contributed by atoms with Crippen molar-refractivity contribution in [2.45, 2.75) is 45.3 Å². The van der Waals surface area contributed by atoms with E-state index in [0.29, 0.717) is 37.0 Å². The van der Waals surface area contributed by atoms with Gasteiger partial charge in [0.05, 0.1) is 36.4 Å². The Morgan fingerprint density at radius 3 is 2.39 bits per heavy atom. The molecule has 0 aliphatic carbocycles. The third-order valence-corrected chi connectivity index (χ3v) is 8.22. The van der Waals surface area contributed by atoms with Crippen LogP contribution in [0.2, 0.25) is 0 Å². The number of rotatable bonds is 10. The van der Waals surface area contributed by atoms with E-state index in [9.17, 15) is 9.59 Å². The van der Waals surface area contributed by atoms with Gasteiger partial charge in [-0.2, -0.15) is 5.10 Å². The molecule has 1 atom stereocenters. The quantitative estimate of drug-likeness (QED) is 0.109. The Balaban J connectivity index is 1.13. The predicted octanol–water partition coefficient (Wildman–Crippen LogP) is 7.05. The first-order chi connectivity index (χ1) is 23.7. The molecule has 1 fully saturated rings. The van der Waals surface area contributed by atoms with Crippen molar-refractivity contribution in [1.82, 2.24) is 20.4 Å². The minimum absolute atomic E-state index is 0.142. The van der Waals surface area contributed by atoms with Gasteiger partial charge < -0.3 is 30.7 Å². The van der Waals surface area contributed by atoms with E-state index >= 15 is 0 Å². The predicted molar refractivity (Wildman–Crippen MR) is 194 cm³/mol. The molecule has 0 spiro atoms. The molecule has 2 heterocycles. The van der Waals surface area contributed by atoms with E-state index < -0.39 is 6.03 Å². The van der Waals surface area contributed by atoms with Crippen LogP contribution in [0.3, 0.4) is 0 Å². The summed E-state index contributed by atoms with van der Waals surface area (Å²) in [5.41, 5.74) is 3.57. The summed E-state index contributed by atoms with van der Waals surface area (Å²) in [6.45, 7) is 9.59. The standard InChI is InChI=1S/C38H43N7O4/c1-38(2,3)34-23-35(45(44-34)28-15-13-27(14-16-28)41-36(46)40-24-26-9-5-4-6-10-26)43-37(47)42-32-17-18-33(31-12-8-7-11-30(31)32)49-21-19-29-25-39-20-22-48-29/h4-18,23,29,39H,19-22,24-25H2,1-3H3,(H2,40,41,46)(H2,42,43,47). The molecule has 5 N–H and O–H groups in total. The number of nitrogens with one attached hydrogen (secondary N) is 5. The number of anilines is 3. The van der Waals surface area contributed by atoms with Crippen LogP contribution in [0, 0.1) is 0 Å². The van der Waals surface area contributed by atoms with Crippen molar-refractivity contribution in [1.29, 1.82) is 0 Å². The number of urea groups is 2. The van der Waals surface area contributed by atoms with Gasteiger partial charge in [-0.1, -0.05) is 75.4 Å². The number of hydrogen-bond donors (Lipinski definition) is 5. The van der Waals surface area contributed by atoms with Gasteiger partial charge in [-0.15, -0.1) is 0 Å². The van der Waals surface area contributed by atoms with Crippen LogP contribution < -0.4 is 31.3 Å². The van der Waals surface area contributed by atoms with Crippen molar-refractivity contribution < 1.29 is 19.1 Å². The van der Waals surface area contributed by atoms with Gasteiger partial charge in [-0.05, 0) is 42.0 Å². The largest absolute Gasteiger partial charge is 0.493 e. The van der Waals surface area contributed by atoms with E-state index in [0.717, 1.165) is 53.0 Å². The van der Waals surface area contributed by atoms with Gasteiger partial charge in [-0.3, -0.25) is 5.32 Å². The van der Waals surface area contributed by atoms with Crippen LogP contribution in [0.15, 0.2) is 97.1 Å². The highest BCUT2D eigenvalue weighted by atomic mass is 16.5. The Hall–Kier alpha value is -5.39. The fraction of sp³-hybridized carbons (Fsp3) is 0.289. The second-order valence-corrected chi connectivity index (χ2v) is 13.0. The molecular formula is C38H43N7O4. The van der Waals surface area contributed by atoms with E-state index in [1.54, 1.807) is 16.8 Å². The van der Waals surface area contributed by atoms with Gasteiger partial charge in [0.1, 0.15) is 11.6 Å². The summed E-state index contributed by atoms with van der Waals surface area (Å²) in [4.78, 5) is 25.9. The maximum Gasteiger partial charge on any atom is 0.324 e. The highest BCUT2D eigenvalue weighted by Crippen LogP contribution is 2.32. The van der Waals surface area contributed by atoms with Crippen molar-refractivity contribution in [3.05, 3.63) is 108 Å². The van der Waals surface area contributed by atoms with Crippen molar-refractivity contribution >= 4 is 40.0 Å². The number of hydrogen-bond acceptors (Lipinski definition) is 6. The van der Waals surface area contributed by atoms with E-state index in [4.69, 9.17) is 14.6 Å². The van der Waals surface area contributed by atoms with Crippen molar-refractivity contribution in [2.75, 3.05) is 42.3 Å². The average Bonchev–Trinajstić information content (AvgIpc) is 3.54. The lowest BCUT2D eigenvalue weighted by atomic mass is 9.92. The topological polar surface area (TPSA) is 131 Å². The fourth-order valence-corrected chi connectivity index (χ4v) is 5.55. The highest BCUT2D eigenvalue weighted by molar-refractivity contribution is 6.07. The SMILES string of the molecule is CC(C)(C)c1cc(NC(=O)Nc2ccc(OCCC3CNCCO3)c3ccccc23)n(-c2ccc(NC(=O)NCc3ccccc3)cc2)n1. The number of benzene rings is 4. The number of carbonyl (C=O) groups is 2. The number of aromatic nitrogens is 2. The minimum Gasteiger partial charge on any atom is -0.493 e. The van der Waals surface area contributed by atoms with Crippen LogP contribution in [0.4, 0.5) is 26.8 Å². The second-order valence-electron chi connectivity index (χ2n) is 13.0. The van der Waals surface area contributed by atoms with Crippen molar-refractivity contribution in [3.63, 3.8) is 0 Å². The van der Waals surface area contributed by atoms with E-state index in [-0.39, 0.29) is 17.6 Å². The van der Waals surface area contributed by atoms with E-state index in [2.05, 4.69) is 47.4 Å². The molecule has 4 amide bonds. The monoisotopic (exact) mass is 661 g/mol. The molecule has 0 bridgehead atoms. The lowest BCUT2D eigenvalue weighted by Gasteiger charge is -2.23. The molecule has 49 heavy (non-hydrogen) atoms. The summed E-state index contributed by atoms with van der Waals surface area (Å²) in [5.74, 6) is 1.26. The minimum atomic E-state index is -0.407. The first-order valence-electron chi connectivity index (χ1n) is 16.6. The maximum atomic E-state index is 13.5. The van der Waals surface area contributed by atoms with Crippen LogP contribution in [-0.2, 0) is 16.7 Å². The van der Waals surface area contributed by atoms with Crippen LogP contribution in [0.25, 0.3) is 16.5 Å². The average molecular weight is 662 g/mol. The Kier molecular flexibility index (Phi) is 10.4. The number of fused-ring (bicyclic) bond motifs is 1. The number of ether oxygens (including phenoxy) is 2. The molecule has 0 saturated carbocycles. The van der Waals surface area contributed by atoms with E-state index in [1.165, 1.54) is 0 Å². The van der Waals surface area contributed by atoms with Gasteiger partial charge in [0.2, 0.25) is 0 Å². The summed E-state index contributed by atoms with van der Waals surface area (Å²) < 4.78 is 13.6. The Labute approximate surface area is 286 Å². The molecule has 1 saturated heterocycles. The molecule has 1 aliphatic heterocycles. The normalized spacial score (nSPS) is 14.6. The van der Waals surface area contributed by atoms with Gasteiger partial charge in [0.25, 0.3) is 0 Å². The fourth-order valence-electron chi connectivity index (χ4n) is 5.55. The van der Waals surface area contributed by atoms with Crippen LogP contribution in [-0.4, -0.2) is 54.2 Å². The molecule has 254 valence electrons. The smallest absolute Gasteiger partial charge is 0.324 e. The number of morpholine rings is 1. The lowest BCUT2D eigenvalue weighted by Crippen LogP contribution is -2.39. The molecular weight excluding hydrogens is 618 g/mol. The number of amides is 4. The van der Waals surface area contributed by atoms with Crippen LogP contribution >= 0.6 is 0 Å². The first kappa shape index (κ1) is 33.5. The van der Waals surface area contributed by atoms with Gasteiger partial charge in [0.15, 0.2) is 0 Å². The molecule has 11 heteroatoms. The molecule has 1 unspecified atom stereocenters. The van der Waals surface area contributed by atoms with Crippen molar-refractivity contribution in [2.24, 2.45) is 0 Å². The molecule has 1 aliphatic rings.